The van der Waals surface area contributed by atoms with Crippen molar-refractivity contribution in [3.8, 4) is 0 Å². The molecule has 0 bridgehead atoms. The number of carbonyl (C=O) groups is 1. The first kappa shape index (κ1) is 14.4. The number of piperidine rings is 1. The minimum atomic E-state index is -0.0259. The topological polar surface area (TPSA) is 32.3 Å². The molecule has 1 aliphatic rings. The van der Waals surface area contributed by atoms with E-state index in [9.17, 15) is 4.79 Å². The Labute approximate surface area is 119 Å². The summed E-state index contributed by atoms with van der Waals surface area (Å²) in [4.78, 5) is 14.3. The second-order valence-corrected chi connectivity index (χ2v) is 5.72. The zero-order valence-electron chi connectivity index (χ0n) is 11.4. The minimum Gasteiger partial charge on any atom is -0.351 e. The first-order valence-corrected chi connectivity index (χ1v) is 7.29. The van der Waals surface area contributed by atoms with Gasteiger partial charge in [0.2, 0.25) is 0 Å². The van der Waals surface area contributed by atoms with Crippen molar-refractivity contribution in [3.05, 3.63) is 34.9 Å². The number of hydrogen-bond donors (Lipinski definition) is 1. The lowest BCUT2D eigenvalue weighted by Crippen LogP contribution is -2.39. The molecule has 1 heterocycles. The fourth-order valence-corrected chi connectivity index (χ4v) is 2.44. The van der Waals surface area contributed by atoms with Crippen LogP contribution in [0, 0.1) is 5.92 Å². The van der Waals surface area contributed by atoms with E-state index in [1.165, 1.54) is 12.8 Å². The molecule has 0 unspecified atom stereocenters. The third kappa shape index (κ3) is 4.51. The van der Waals surface area contributed by atoms with Gasteiger partial charge in [0.25, 0.3) is 5.91 Å². The zero-order valence-corrected chi connectivity index (χ0v) is 12.1. The van der Waals surface area contributed by atoms with Crippen molar-refractivity contribution >= 4 is 17.5 Å². The molecule has 4 heteroatoms. The molecule has 1 fully saturated rings. The fourth-order valence-electron chi connectivity index (χ4n) is 2.32. The van der Waals surface area contributed by atoms with Crippen LogP contribution in [0.5, 0.6) is 0 Å². The largest absolute Gasteiger partial charge is 0.351 e. The molecular formula is C15H21ClN2O. The van der Waals surface area contributed by atoms with Crippen molar-refractivity contribution < 1.29 is 4.79 Å². The summed E-state index contributed by atoms with van der Waals surface area (Å²) in [6, 6.07) is 6.98. The van der Waals surface area contributed by atoms with Gasteiger partial charge in [-0.2, -0.15) is 0 Å². The van der Waals surface area contributed by atoms with Crippen molar-refractivity contribution in [1.82, 2.24) is 10.2 Å². The van der Waals surface area contributed by atoms with Crippen LogP contribution < -0.4 is 5.32 Å². The Hall–Kier alpha value is -1.06. The number of amides is 1. The first-order chi connectivity index (χ1) is 9.15. The van der Waals surface area contributed by atoms with Crippen LogP contribution in [-0.2, 0) is 0 Å². The van der Waals surface area contributed by atoms with Gasteiger partial charge in [-0.1, -0.05) is 18.5 Å². The highest BCUT2D eigenvalue weighted by Crippen LogP contribution is 2.15. The van der Waals surface area contributed by atoms with Gasteiger partial charge in [0.1, 0.15) is 0 Å². The monoisotopic (exact) mass is 280 g/mol. The van der Waals surface area contributed by atoms with E-state index in [4.69, 9.17) is 11.6 Å². The standard InChI is InChI=1S/C15H21ClN2O/c1-12-6-9-18(10-7-12)11-8-17-15(19)13-2-4-14(16)5-3-13/h2-5,12H,6-11H2,1H3,(H,17,19). The Morgan fingerprint density at radius 1 is 1.32 bits per heavy atom. The van der Waals surface area contributed by atoms with Crippen molar-refractivity contribution in [2.45, 2.75) is 19.8 Å². The Kier molecular flexibility index (Phi) is 5.23. The molecule has 1 aromatic carbocycles. The third-order valence-corrected chi connectivity index (χ3v) is 3.95. The maximum atomic E-state index is 11.9. The van der Waals surface area contributed by atoms with E-state index < -0.39 is 0 Å². The van der Waals surface area contributed by atoms with E-state index in [0.29, 0.717) is 17.1 Å². The van der Waals surface area contributed by atoms with Gasteiger partial charge in [0, 0.05) is 23.7 Å². The Balaban J connectivity index is 1.70. The van der Waals surface area contributed by atoms with Crippen LogP contribution in [0.2, 0.25) is 5.02 Å². The summed E-state index contributed by atoms with van der Waals surface area (Å²) in [5.74, 6) is 0.821. The lowest BCUT2D eigenvalue weighted by atomic mass is 9.99. The Morgan fingerprint density at radius 3 is 2.58 bits per heavy atom. The Bertz CT molecular complexity index is 411. The molecule has 19 heavy (non-hydrogen) atoms. The highest BCUT2D eigenvalue weighted by Gasteiger charge is 2.15. The van der Waals surface area contributed by atoms with E-state index in [0.717, 1.165) is 25.6 Å². The lowest BCUT2D eigenvalue weighted by Gasteiger charge is -2.30. The summed E-state index contributed by atoms with van der Waals surface area (Å²) in [6.07, 6.45) is 2.54. The molecule has 3 nitrogen and oxygen atoms in total. The summed E-state index contributed by atoms with van der Waals surface area (Å²) in [7, 11) is 0. The van der Waals surface area contributed by atoms with Gasteiger partial charge in [-0.25, -0.2) is 0 Å². The molecule has 0 spiro atoms. The molecule has 1 aliphatic heterocycles. The van der Waals surface area contributed by atoms with Gasteiger partial charge < -0.3 is 10.2 Å². The van der Waals surface area contributed by atoms with E-state index >= 15 is 0 Å². The molecule has 1 amide bonds. The summed E-state index contributed by atoms with van der Waals surface area (Å²) in [5.41, 5.74) is 0.664. The fraction of sp³-hybridized carbons (Fsp3) is 0.533. The maximum absolute atomic E-state index is 11.9. The summed E-state index contributed by atoms with van der Waals surface area (Å²) in [5, 5.41) is 3.61. The number of benzene rings is 1. The summed E-state index contributed by atoms with van der Waals surface area (Å²) >= 11 is 5.80. The first-order valence-electron chi connectivity index (χ1n) is 6.91. The molecule has 0 radical (unpaired) electrons. The predicted molar refractivity (Wildman–Crippen MR) is 78.6 cm³/mol. The van der Waals surface area contributed by atoms with E-state index in [-0.39, 0.29) is 5.91 Å². The normalized spacial score (nSPS) is 17.4. The third-order valence-electron chi connectivity index (χ3n) is 3.70. The van der Waals surface area contributed by atoms with Crippen LogP contribution in [0.25, 0.3) is 0 Å². The van der Waals surface area contributed by atoms with Crippen molar-refractivity contribution in [3.63, 3.8) is 0 Å². The smallest absolute Gasteiger partial charge is 0.251 e. The van der Waals surface area contributed by atoms with Crippen molar-refractivity contribution in [2.75, 3.05) is 26.2 Å². The molecule has 0 aliphatic carbocycles. The van der Waals surface area contributed by atoms with E-state index in [2.05, 4.69) is 17.1 Å². The number of nitrogens with one attached hydrogen (secondary N) is 1. The predicted octanol–water partition coefficient (Wildman–Crippen LogP) is 2.80. The van der Waals surface area contributed by atoms with Crippen molar-refractivity contribution in [2.24, 2.45) is 5.92 Å². The van der Waals surface area contributed by atoms with E-state index in [1.807, 2.05) is 0 Å². The number of nitrogens with zero attached hydrogens (tertiary/aromatic N) is 1. The molecule has 2 rings (SSSR count). The molecule has 1 saturated heterocycles. The molecular weight excluding hydrogens is 260 g/mol. The second kappa shape index (κ2) is 6.92. The summed E-state index contributed by atoms with van der Waals surface area (Å²) < 4.78 is 0. The number of rotatable bonds is 4. The van der Waals surface area contributed by atoms with E-state index in [1.54, 1.807) is 24.3 Å². The minimum absolute atomic E-state index is 0.0259. The second-order valence-electron chi connectivity index (χ2n) is 5.29. The average Bonchev–Trinajstić information content (AvgIpc) is 2.41. The van der Waals surface area contributed by atoms with Gasteiger partial charge in [0.05, 0.1) is 0 Å². The highest BCUT2D eigenvalue weighted by atomic mass is 35.5. The average molecular weight is 281 g/mol. The van der Waals surface area contributed by atoms with Gasteiger partial charge >= 0.3 is 0 Å². The number of likely N-dealkylation sites (tertiary alicyclic amines) is 1. The molecule has 1 N–H and O–H groups in total. The van der Waals surface area contributed by atoms with Crippen LogP contribution in [0.15, 0.2) is 24.3 Å². The van der Waals surface area contributed by atoms with Gasteiger partial charge in [-0.15, -0.1) is 0 Å². The summed E-state index contributed by atoms with van der Waals surface area (Å²) in [6.45, 7) is 6.25. The van der Waals surface area contributed by atoms with Crippen LogP contribution >= 0.6 is 11.6 Å². The van der Waals surface area contributed by atoms with Crippen LogP contribution in [0.4, 0.5) is 0 Å². The van der Waals surface area contributed by atoms with Crippen LogP contribution in [-0.4, -0.2) is 37.0 Å². The number of carbonyl (C=O) groups excluding carboxylic acids is 1. The number of halogens is 1. The van der Waals surface area contributed by atoms with Gasteiger partial charge in [-0.05, 0) is 56.1 Å². The quantitative estimate of drug-likeness (QED) is 0.920. The molecule has 1 aromatic rings. The number of hydrogen-bond acceptors (Lipinski definition) is 2. The van der Waals surface area contributed by atoms with Gasteiger partial charge in [0.15, 0.2) is 0 Å². The Morgan fingerprint density at radius 2 is 1.95 bits per heavy atom. The highest BCUT2D eigenvalue weighted by molar-refractivity contribution is 6.30. The maximum Gasteiger partial charge on any atom is 0.251 e. The molecule has 104 valence electrons. The molecule has 0 saturated carbocycles. The van der Waals surface area contributed by atoms with Crippen LogP contribution in [0.3, 0.4) is 0 Å². The molecule has 0 atom stereocenters. The van der Waals surface area contributed by atoms with Gasteiger partial charge in [-0.3, -0.25) is 4.79 Å². The van der Waals surface area contributed by atoms with Crippen molar-refractivity contribution in [1.29, 1.82) is 0 Å². The zero-order chi connectivity index (χ0) is 13.7. The lowest BCUT2D eigenvalue weighted by molar-refractivity contribution is 0.0944. The van der Waals surface area contributed by atoms with Crippen LogP contribution in [0.1, 0.15) is 30.1 Å². The SMILES string of the molecule is CC1CCN(CCNC(=O)c2ccc(Cl)cc2)CC1. The molecule has 0 aromatic heterocycles.